The summed E-state index contributed by atoms with van der Waals surface area (Å²) in [5, 5.41) is 12.1. The third kappa shape index (κ3) is 3.14. The van der Waals surface area contributed by atoms with E-state index in [1.54, 1.807) is 6.33 Å². The second-order valence-electron chi connectivity index (χ2n) is 8.01. The molecule has 0 saturated heterocycles. The second kappa shape index (κ2) is 7.46. The molecule has 3 aromatic rings. The van der Waals surface area contributed by atoms with Crippen LogP contribution in [0.3, 0.4) is 0 Å². The highest BCUT2D eigenvalue weighted by Gasteiger charge is 2.38. The first kappa shape index (κ1) is 18.1. The molecular formula is C22H27N7. The van der Waals surface area contributed by atoms with E-state index in [0.717, 1.165) is 23.8 Å². The first-order valence-corrected chi connectivity index (χ1v) is 10.6. The van der Waals surface area contributed by atoms with E-state index in [1.165, 1.54) is 31.2 Å². The van der Waals surface area contributed by atoms with Crippen LogP contribution in [0.5, 0.6) is 0 Å². The summed E-state index contributed by atoms with van der Waals surface area (Å²) in [5.74, 6) is 2.65. The Labute approximate surface area is 171 Å². The van der Waals surface area contributed by atoms with Crippen LogP contribution in [0.25, 0.3) is 5.69 Å². The van der Waals surface area contributed by atoms with Gasteiger partial charge in [0, 0.05) is 6.04 Å². The van der Waals surface area contributed by atoms with Crippen molar-refractivity contribution in [2.24, 2.45) is 0 Å². The zero-order valence-electron chi connectivity index (χ0n) is 17.0. The fourth-order valence-electron chi connectivity index (χ4n) is 4.73. The van der Waals surface area contributed by atoms with Gasteiger partial charge in [0.2, 0.25) is 5.95 Å². The topological polar surface area (TPSA) is 71.8 Å². The molecule has 7 nitrogen and oxygen atoms in total. The average Bonchev–Trinajstić information content (AvgIpc) is 3.45. The van der Waals surface area contributed by atoms with Gasteiger partial charge in [0.05, 0.1) is 18.3 Å². The lowest BCUT2D eigenvalue weighted by atomic mass is 10.0. The third-order valence-corrected chi connectivity index (χ3v) is 6.21. The Hall–Kier alpha value is -2.96. The molecule has 1 aromatic carbocycles. The summed E-state index contributed by atoms with van der Waals surface area (Å²) in [6, 6.07) is 11.2. The number of benzene rings is 1. The Bertz CT molecular complexity index is 978. The maximum atomic E-state index is 5.01. The Morgan fingerprint density at radius 1 is 1.17 bits per heavy atom. The minimum absolute atomic E-state index is 0.130. The van der Waals surface area contributed by atoms with Crippen LogP contribution < -0.4 is 10.2 Å². The predicted octanol–water partition coefficient (Wildman–Crippen LogP) is 4.44. The summed E-state index contributed by atoms with van der Waals surface area (Å²) in [4.78, 5) is 12.1. The van der Waals surface area contributed by atoms with Crippen molar-refractivity contribution >= 4 is 11.8 Å². The molecule has 2 aliphatic rings. The Morgan fingerprint density at radius 3 is 2.72 bits per heavy atom. The van der Waals surface area contributed by atoms with Gasteiger partial charge in [-0.25, -0.2) is 4.98 Å². The van der Waals surface area contributed by atoms with Gasteiger partial charge >= 0.3 is 0 Å². The van der Waals surface area contributed by atoms with E-state index in [1.807, 2.05) is 12.3 Å². The van der Waals surface area contributed by atoms with Crippen LogP contribution in [0.4, 0.5) is 11.8 Å². The van der Waals surface area contributed by atoms with Crippen LogP contribution in [0, 0.1) is 0 Å². The molecule has 0 spiro atoms. The fourth-order valence-corrected chi connectivity index (χ4v) is 4.73. The van der Waals surface area contributed by atoms with Gasteiger partial charge in [-0.3, -0.25) is 4.57 Å². The van der Waals surface area contributed by atoms with Gasteiger partial charge in [-0.1, -0.05) is 50.1 Å². The molecule has 0 unspecified atom stereocenters. The number of aromatic nitrogens is 5. The normalized spacial score (nSPS) is 19.7. The lowest BCUT2D eigenvalue weighted by Gasteiger charge is -2.40. The number of nitrogens with one attached hydrogen (secondary N) is 1. The Morgan fingerprint density at radius 2 is 1.97 bits per heavy atom. The van der Waals surface area contributed by atoms with Crippen molar-refractivity contribution in [3.8, 4) is 5.69 Å². The van der Waals surface area contributed by atoms with E-state index in [2.05, 4.69) is 68.1 Å². The number of hydrogen-bond acceptors (Lipinski definition) is 6. The molecule has 2 atom stereocenters. The van der Waals surface area contributed by atoms with Crippen LogP contribution in [0.2, 0.25) is 0 Å². The first-order chi connectivity index (χ1) is 14.3. The molecule has 150 valence electrons. The second-order valence-corrected chi connectivity index (χ2v) is 8.01. The van der Waals surface area contributed by atoms with Gasteiger partial charge in [0.15, 0.2) is 11.6 Å². The third-order valence-electron chi connectivity index (χ3n) is 6.21. The van der Waals surface area contributed by atoms with E-state index in [-0.39, 0.29) is 12.1 Å². The van der Waals surface area contributed by atoms with Gasteiger partial charge in [0.1, 0.15) is 12.0 Å². The van der Waals surface area contributed by atoms with E-state index in [0.29, 0.717) is 12.0 Å². The van der Waals surface area contributed by atoms with Crippen LogP contribution >= 0.6 is 0 Å². The van der Waals surface area contributed by atoms with Crippen molar-refractivity contribution in [3.05, 3.63) is 54.2 Å². The largest absolute Gasteiger partial charge is 0.348 e. The average molecular weight is 390 g/mol. The van der Waals surface area contributed by atoms with E-state index >= 15 is 0 Å². The molecular weight excluding hydrogens is 362 g/mol. The molecule has 1 saturated carbocycles. The minimum atomic E-state index is 0.130. The van der Waals surface area contributed by atoms with Gasteiger partial charge in [-0.15, -0.1) is 10.2 Å². The molecule has 1 aliphatic heterocycles. The zero-order valence-corrected chi connectivity index (χ0v) is 17.0. The van der Waals surface area contributed by atoms with Gasteiger partial charge in [-0.05, 0) is 31.7 Å². The van der Waals surface area contributed by atoms with Crippen LogP contribution in [-0.2, 0) is 0 Å². The quantitative estimate of drug-likeness (QED) is 0.695. The van der Waals surface area contributed by atoms with E-state index in [4.69, 9.17) is 4.98 Å². The first-order valence-electron chi connectivity index (χ1n) is 10.6. The highest BCUT2D eigenvalue weighted by atomic mass is 15.4. The molecule has 1 aliphatic carbocycles. The van der Waals surface area contributed by atoms with Crippen molar-refractivity contribution in [1.29, 1.82) is 0 Å². The molecule has 0 radical (unpaired) electrons. The monoisotopic (exact) mass is 389 g/mol. The number of fused-ring (bicyclic) bond motifs is 3. The lowest BCUT2D eigenvalue weighted by Crippen LogP contribution is -2.42. The smallest absolute Gasteiger partial charge is 0.225 e. The Kier molecular flexibility index (Phi) is 4.66. The maximum absolute atomic E-state index is 5.01. The molecule has 3 heterocycles. The molecule has 0 amide bonds. The summed E-state index contributed by atoms with van der Waals surface area (Å²) < 4.78 is 2.05. The molecule has 0 bridgehead atoms. The molecule has 2 aromatic heterocycles. The summed E-state index contributed by atoms with van der Waals surface area (Å²) in [7, 11) is 0. The predicted molar refractivity (Wildman–Crippen MR) is 113 cm³/mol. The number of hydrogen-bond donors (Lipinski definition) is 1. The van der Waals surface area contributed by atoms with Crippen LogP contribution in [0.15, 0.2) is 42.9 Å². The van der Waals surface area contributed by atoms with Crippen LogP contribution in [0.1, 0.15) is 69.4 Å². The van der Waals surface area contributed by atoms with Crippen molar-refractivity contribution in [2.75, 3.05) is 10.2 Å². The highest BCUT2D eigenvalue weighted by molar-refractivity contribution is 5.63. The highest BCUT2D eigenvalue weighted by Crippen LogP contribution is 2.42. The van der Waals surface area contributed by atoms with Crippen molar-refractivity contribution in [2.45, 2.75) is 64.1 Å². The molecule has 1 N–H and O–H groups in total. The maximum Gasteiger partial charge on any atom is 0.225 e. The molecule has 7 heteroatoms. The number of nitrogens with zero attached hydrogens (tertiary/aromatic N) is 6. The molecule has 29 heavy (non-hydrogen) atoms. The SMILES string of the molecule is CC[C@@H]1c2nncn2-c2cnc(N[C@@H](C)c3ccccc3)nc2N1C1CCCC1. The summed E-state index contributed by atoms with van der Waals surface area (Å²) in [6.07, 6.45) is 9.63. The van der Waals surface area contributed by atoms with E-state index < -0.39 is 0 Å². The molecule has 1 fully saturated rings. The number of rotatable bonds is 5. The number of anilines is 2. The standard InChI is InChI=1S/C22H27N7/c1-3-18-21-27-24-14-28(21)19-13-23-22(25-15(2)16-9-5-4-6-10-16)26-20(19)29(18)17-11-7-8-12-17/h4-6,9-10,13-15,17-18H,3,7-8,11-12H2,1-2H3,(H,23,25,26)/t15-,18+/m0/s1. The van der Waals surface area contributed by atoms with Gasteiger partial charge < -0.3 is 10.2 Å². The minimum Gasteiger partial charge on any atom is -0.348 e. The summed E-state index contributed by atoms with van der Waals surface area (Å²) in [5.41, 5.74) is 2.19. The fraction of sp³-hybridized carbons (Fsp3) is 0.455. The summed E-state index contributed by atoms with van der Waals surface area (Å²) in [6.45, 7) is 4.36. The van der Waals surface area contributed by atoms with Crippen LogP contribution in [-0.4, -0.2) is 30.8 Å². The lowest BCUT2D eigenvalue weighted by molar-refractivity contribution is 0.469. The molecule has 5 rings (SSSR count). The summed E-state index contributed by atoms with van der Waals surface area (Å²) >= 11 is 0. The van der Waals surface area contributed by atoms with Crippen molar-refractivity contribution in [3.63, 3.8) is 0 Å². The van der Waals surface area contributed by atoms with Gasteiger partial charge in [-0.2, -0.15) is 4.98 Å². The Balaban J connectivity index is 1.54. The van der Waals surface area contributed by atoms with Crippen molar-refractivity contribution in [1.82, 2.24) is 24.7 Å². The van der Waals surface area contributed by atoms with Crippen molar-refractivity contribution < 1.29 is 0 Å². The van der Waals surface area contributed by atoms with Gasteiger partial charge in [0.25, 0.3) is 0 Å². The van der Waals surface area contributed by atoms with E-state index in [9.17, 15) is 0 Å². The zero-order chi connectivity index (χ0) is 19.8.